The molecule has 0 amide bonds. The summed E-state index contributed by atoms with van der Waals surface area (Å²) in [7, 11) is 0. The first-order valence-corrected chi connectivity index (χ1v) is 13.2. The van der Waals surface area contributed by atoms with Crippen LogP contribution in [0.25, 0.3) is 76.5 Å². The summed E-state index contributed by atoms with van der Waals surface area (Å²) in [5.41, 5.74) is 3.84. The van der Waals surface area contributed by atoms with Crippen molar-refractivity contribution in [2.24, 2.45) is 0 Å². The molecule has 0 heterocycles. The van der Waals surface area contributed by atoms with Crippen molar-refractivity contribution in [3.8, 4) is 33.4 Å². The smallest absolute Gasteiger partial charge is 0.0616 e. The summed E-state index contributed by atoms with van der Waals surface area (Å²) in [6.45, 7) is 0. The quantitative estimate of drug-likeness (QED) is 0.206. The normalized spacial score (nSPS) is 14.3. The van der Waals surface area contributed by atoms with E-state index in [4.69, 9.17) is 5.48 Å². The second kappa shape index (κ2) is 9.22. The molecule has 8 aromatic rings. The highest BCUT2D eigenvalue weighted by Crippen LogP contribution is 2.45. The second-order valence-electron chi connectivity index (χ2n) is 9.92. The Hall–Kier alpha value is -5.20. The van der Waals surface area contributed by atoms with Crippen molar-refractivity contribution in [2.45, 2.75) is 0 Å². The third kappa shape index (κ3) is 3.61. The highest BCUT2D eigenvalue weighted by atomic mass is 14.2. The van der Waals surface area contributed by atoms with Gasteiger partial charge in [0.1, 0.15) is 0 Å². The SMILES string of the molecule is [2H]c1c([2H])c([2H])c2c(-c3cccc4ccccc34)c3c([2H])c([2H])c([2H])c([2H])c3c(-c3ccc(-c4ccc5ccccc5c4)cc3)c2c1[2H]. The van der Waals surface area contributed by atoms with E-state index in [1.54, 1.807) is 0 Å². The molecular weight excluding hydrogens is 480 g/mol. The van der Waals surface area contributed by atoms with Crippen LogP contribution >= 0.6 is 0 Å². The fraction of sp³-hybridized carbons (Fsp3) is 0. The maximum atomic E-state index is 9.21. The number of rotatable bonds is 3. The van der Waals surface area contributed by atoms with Gasteiger partial charge >= 0.3 is 0 Å². The summed E-state index contributed by atoms with van der Waals surface area (Å²) >= 11 is 0. The number of hydrogen-bond acceptors (Lipinski definition) is 0. The zero-order chi connectivity index (χ0) is 33.4. The van der Waals surface area contributed by atoms with Crippen molar-refractivity contribution < 1.29 is 11.0 Å². The van der Waals surface area contributed by atoms with E-state index < -0.39 is 24.2 Å². The zero-order valence-electron chi connectivity index (χ0n) is 29.4. The predicted molar refractivity (Wildman–Crippen MR) is 173 cm³/mol. The van der Waals surface area contributed by atoms with Crippen molar-refractivity contribution in [2.75, 3.05) is 0 Å². The van der Waals surface area contributed by atoms with Crippen molar-refractivity contribution in [3.63, 3.8) is 0 Å². The van der Waals surface area contributed by atoms with Crippen LogP contribution in [0.2, 0.25) is 0 Å². The highest BCUT2D eigenvalue weighted by Gasteiger charge is 2.17. The molecule has 0 aliphatic rings. The van der Waals surface area contributed by atoms with Gasteiger partial charge in [-0.1, -0.05) is 151 Å². The minimum atomic E-state index is -0.411. The summed E-state index contributed by atoms with van der Waals surface area (Å²) in [6, 6.07) is 32.5. The fourth-order valence-electron chi connectivity index (χ4n) is 5.82. The molecule has 0 aliphatic heterocycles. The van der Waals surface area contributed by atoms with Gasteiger partial charge < -0.3 is 0 Å². The van der Waals surface area contributed by atoms with Crippen molar-refractivity contribution in [1.29, 1.82) is 0 Å². The predicted octanol–water partition coefficient (Wildman–Crippen LogP) is 11.3. The van der Waals surface area contributed by atoms with E-state index >= 15 is 0 Å². The number of hydrogen-bond donors (Lipinski definition) is 0. The lowest BCUT2D eigenvalue weighted by molar-refractivity contribution is 1.63. The fourth-order valence-corrected chi connectivity index (χ4v) is 5.82. The van der Waals surface area contributed by atoms with Gasteiger partial charge in [-0.25, -0.2) is 0 Å². The molecule has 186 valence electrons. The molecule has 0 nitrogen and oxygen atoms in total. The minimum absolute atomic E-state index is 0.208. The van der Waals surface area contributed by atoms with Gasteiger partial charge in [-0.3, -0.25) is 0 Å². The largest absolute Gasteiger partial charge is 0.0629 e. The van der Waals surface area contributed by atoms with Crippen LogP contribution in [0.15, 0.2) is 158 Å². The van der Waals surface area contributed by atoms with Crippen molar-refractivity contribution in [3.05, 3.63) is 158 Å². The molecule has 0 radical (unpaired) electrons. The van der Waals surface area contributed by atoms with Gasteiger partial charge in [-0.05, 0) is 82.5 Å². The first-order valence-electron chi connectivity index (χ1n) is 17.2. The van der Waals surface area contributed by atoms with Crippen LogP contribution < -0.4 is 0 Å². The summed E-state index contributed by atoms with van der Waals surface area (Å²) in [4.78, 5) is 0. The monoisotopic (exact) mass is 514 g/mol. The van der Waals surface area contributed by atoms with Crippen LogP contribution in [0.3, 0.4) is 0 Å². The van der Waals surface area contributed by atoms with Crippen LogP contribution in [0.5, 0.6) is 0 Å². The van der Waals surface area contributed by atoms with Gasteiger partial charge in [-0.2, -0.15) is 0 Å². The van der Waals surface area contributed by atoms with Crippen LogP contribution in [0, 0.1) is 0 Å². The first-order chi connectivity index (χ1) is 23.2. The Bertz CT molecular complexity index is 2560. The molecule has 0 aromatic heterocycles. The van der Waals surface area contributed by atoms with Crippen LogP contribution in [-0.2, 0) is 0 Å². The van der Waals surface area contributed by atoms with Crippen LogP contribution in [0.1, 0.15) is 11.0 Å². The molecule has 8 aromatic carbocycles. The van der Waals surface area contributed by atoms with Crippen LogP contribution in [0.4, 0.5) is 0 Å². The Morgan fingerprint density at radius 1 is 0.350 bits per heavy atom. The molecule has 8 rings (SSSR count). The maximum Gasteiger partial charge on any atom is 0.0629 e. The van der Waals surface area contributed by atoms with E-state index in [9.17, 15) is 5.48 Å². The van der Waals surface area contributed by atoms with Gasteiger partial charge in [0, 0.05) is 0 Å². The summed E-state index contributed by atoms with van der Waals surface area (Å²) in [5, 5.41) is 4.77. The van der Waals surface area contributed by atoms with E-state index in [1.165, 1.54) is 0 Å². The molecule has 0 unspecified atom stereocenters. The Balaban J connectivity index is 1.54. The van der Waals surface area contributed by atoms with E-state index in [2.05, 4.69) is 24.3 Å². The van der Waals surface area contributed by atoms with Gasteiger partial charge in [0.15, 0.2) is 0 Å². The Morgan fingerprint density at radius 2 is 0.875 bits per heavy atom. The van der Waals surface area contributed by atoms with E-state index in [1.807, 2.05) is 84.9 Å². The lowest BCUT2D eigenvalue weighted by Gasteiger charge is -2.19. The standard InChI is InChI=1S/C40H26/c1-2-12-31-26-32(25-22-27(31)10-1)28-20-23-30(24-21-28)39-35-15-5-7-17-37(35)40(38-18-8-6-16-36(38)39)34-19-9-13-29-11-3-4-14-33(29)34/h1-26H/i5D,6D,7D,8D,15D,16D,17D,18D. The third-order valence-electron chi connectivity index (χ3n) is 7.69. The van der Waals surface area contributed by atoms with Gasteiger partial charge in [0.05, 0.1) is 11.0 Å². The molecule has 0 spiro atoms. The van der Waals surface area contributed by atoms with Gasteiger partial charge in [0.25, 0.3) is 0 Å². The average molecular weight is 515 g/mol. The summed E-state index contributed by atoms with van der Waals surface area (Å²) < 4.78 is 71.5. The lowest BCUT2D eigenvalue weighted by Crippen LogP contribution is -1.91. The maximum absolute atomic E-state index is 9.21. The molecule has 0 aliphatic carbocycles. The molecule has 0 saturated carbocycles. The summed E-state index contributed by atoms with van der Waals surface area (Å²) in [6.07, 6.45) is 0. The molecule has 0 fully saturated rings. The van der Waals surface area contributed by atoms with Crippen molar-refractivity contribution >= 4 is 43.1 Å². The number of benzene rings is 8. The molecule has 0 atom stereocenters. The zero-order valence-corrected chi connectivity index (χ0v) is 21.4. The molecule has 0 N–H and O–H groups in total. The third-order valence-corrected chi connectivity index (χ3v) is 7.69. The summed E-state index contributed by atoms with van der Waals surface area (Å²) in [5.74, 6) is 0. The van der Waals surface area contributed by atoms with Gasteiger partial charge in [0.2, 0.25) is 0 Å². The minimum Gasteiger partial charge on any atom is -0.0616 e. The first kappa shape index (κ1) is 16.0. The van der Waals surface area contributed by atoms with E-state index in [0.717, 1.165) is 32.7 Å². The molecule has 0 saturated heterocycles. The Morgan fingerprint density at radius 3 is 1.57 bits per heavy atom. The van der Waals surface area contributed by atoms with Crippen molar-refractivity contribution in [1.82, 2.24) is 0 Å². The van der Waals surface area contributed by atoms with E-state index in [-0.39, 0.29) is 45.7 Å². The Labute approximate surface area is 245 Å². The van der Waals surface area contributed by atoms with Gasteiger partial charge in [-0.15, -0.1) is 0 Å². The lowest BCUT2D eigenvalue weighted by atomic mass is 9.84. The second-order valence-corrected chi connectivity index (χ2v) is 9.92. The highest BCUT2D eigenvalue weighted by molar-refractivity contribution is 6.23. The molecular formula is C40H26. The van der Waals surface area contributed by atoms with E-state index in [0.29, 0.717) is 22.3 Å². The van der Waals surface area contributed by atoms with Crippen LogP contribution in [-0.4, -0.2) is 0 Å². The number of fused-ring (bicyclic) bond motifs is 4. The topological polar surface area (TPSA) is 0 Å². The average Bonchev–Trinajstić information content (AvgIpc) is 3.13. The Kier molecular flexibility index (Phi) is 3.70. The molecule has 0 heteroatoms. The molecule has 40 heavy (non-hydrogen) atoms. The molecule has 0 bridgehead atoms.